The van der Waals surface area contributed by atoms with Crippen LogP contribution >= 0.6 is 23.2 Å². The van der Waals surface area contributed by atoms with Crippen molar-refractivity contribution in [3.05, 3.63) is 33.8 Å². The standard InChI is InChI=1S/C29H35Cl2N5O4/c1-29(2)11-19-20(29)14-36-24(19)27(39)34-17(12-32)10-18-16(13-33-26(18)38)5-3-4-6-23(28(36)40)35-25(37)15-7-8-21(30)22(31)9-15/h7-9,16-20,23-24H,3-6,10-11,13-14H2,1-2H3,(H,33,38)(H,34,39)(H,35,37)/t16-,17-,18-,19-,20-,23-,24-/m0/s1. The summed E-state index contributed by atoms with van der Waals surface area (Å²) >= 11 is 12.1. The first kappa shape index (κ1) is 28.7. The van der Waals surface area contributed by atoms with Crippen LogP contribution in [0.15, 0.2) is 18.2 Å². The van der Waals surface area contributed by atoms with Crippen LogP contribution in [0.1, 0.15) is 62.7 Å². The Morgan fingerprint density at radius 2 is 1.88 bits per heavy atom. The molecule has 4 amide bonds. The van der Waals surface area contributed by atoms with Gasteiger partial charge in [0, 0.05) is 24.6 Å². The van der Waals surface area contributed by atoms with Crippen LogP contribution in [0.2, 0.25) is 10.0 Å². The molecule has 3 N–H and O–H groups in total. The predicted molar refractivity (Wildman–Crippen MR) is 149 cm³/mol. The van der Waals surface area contributed by atoms with Crippen molar-refractivity contribution in [1.29, 1.82) is 5.26 Å². The molecule has 4 aliphatic rings. The topological polar surface area (TPSA) is 131 Å². The van der Waals surface area contributed by atoms with E-state index in [0.29, 0.717) is 31.0 Å². The second kappa shape index (κ2) is 11.2. The largest absolute Gasteiger partial charge is 0.356 e. The van der Waals surface area contributed by atoms with Crippen molar-refractivity contribution < 1.29 is 19.2 Å². The Hall–Kier alpha value is -2.83. The van der Waals surface area contributed by atoms with Crippen molar-refractivity contribution >= 4 is 46.8 Å². The Labute approximate surface area is 244 Å². The van der Waals surface area contributed by atoms with Gasteiger partial charge in [0.05, 0.1) is 16.1 Å². The first-order valence-corrected chi connectivity index (χ1v) is 14.8. The molecule has 0 spiro atoms. The lowest BCUT2D eigenvalue weighted by Crippen LogP contribution is -2.57. The molecule has 3 aliphatic heterocycles. The highest BCUT2D eigenvalue weighted by Gasteiger charge is 2.60. The van der Waals surface area contributed by atoms with Gasteiger partial charge in [0.2, 0.25) is 17.7 Å². The molecular weight excluding hydrogens is 553 g/mol. The highest BCUT2D eigenvalue weighted by Crippen LogP contribution is 2.57. The fourth-order valence-electron chi connectivity index (χ4n) is 7.22. The fourth-order valence-corrected chi connectivity index (χ4v) is 7.52. The number of fused-ring (bicyclic) bond motifs is 4. The quantitative estimate of drug-likeness (QED) is 0.488. The van der Waals surface area contributed by atoms with Crippen LogP contribution in [0, 0.1) is 40.4 Å². The molecule has 1 aromatic carbocycles. The first-order valence-electron chi connectivity index (χ1n) is 14.0. The lowest BCUT2D eigenvalue weighted by Gasteiger charge is -2.48. The predicted octanol–water partition coefficient (Wildman–Crippen LogP) is 3.30. The van der Waals surface area contributed by atoms with Gasteiger partial charge in [-0.2, -0.15) is 5.26 Å². The van der Waals surface area contributed by atoms with Gasteiger partial charge in [0.15, 0.2) is 0 Å². The van der Waals surface area contributed by atoms with Crippen molar-refractivity contribution in [2.24, 2.45) is 29.1 Å². The maximum absolute atomic E-state index is 14.1. The van der Waals surface area contributed by atoms with Crippen LogP contribution in [0.4, 0.5) is 0 Å². The molecule has 0 radical (unpaired) electrons. The average molecular weight is 589 g/mol. The second-order valence-electron chi connectivity index (χ2n) is 12.4. The summed E-state index contributed by atoms with van der Waals surface area (Å²) in [6.45, 7) is 5.22. The summed E-state index contributed by atoms with van der Waals surface area (Å²) < 4.78 is 0. The summed E-state index contributed by atoms with van der Waals surface area (Å²) in [4.78, 5) is 55.2. The minimum absolute atomic E-state index is 0.0241. The Kier molecular flexibility index (Phi) is 8.04. The third kappa shape index (κ3) is 5.40. The van der Waals surface area contributed by atoms with E-state index in [4.69, 9.17) is 23.2 Å². The van der Waals surface area contributed by atoms with Crippen LogP contribution in [-0.4, -0.2) is 59.7 Å². The third-order valence-electron chi connectivity index (χ3n) is 9.48. The Morgan fingerprint density at radius 1 is 1.12 bits per heavy atom. The molecule has 1 saturated carbocycles. The molecule has 5 rings (SSSR count). The number of carbonyl (C=O) groups excluding carboxylic acids is 4. The van der Waals surface area contributed by atoms with Gasteiger partial charge < -0.3 is 20.9 Å². The summed E-state index contributed by atoms with van der Waals surface area (Å²) in [7, 11) is 0. The van der Waals surface area contributed by atoms with E-state index in [1.54, 1.807) is 11.0 Å². The number of benzene rings is 1. The maximum Gasteiger partial charge on any atom is 0.251 e. The number of amides is 4. The highest BCUT2D eigenvalue weighted by atomic mass is 35.5. The van der Waals surface area contributed by atoms with E-state index in [-0.39, 0.29) is 63.8 Å². The molecular formula is C29H35Cl2N5O4. The monoisotopic (exact) mass is 587 g/mol. The van der Waals surface area contributed by atoms with E-state index in [1.807, 2.05) is 0 Å². The van der Waals surface area contributed by atoms with Crippen LogP contribution in [-0.2, 0) is 14.4 Å². The lowest BCUT2D eigenvalue weighted by atomic mass is 9.55. The van der Waals surface area contributed by atoms with Gasteiger partial charge in [-0.3, -0.25) is 19.2 Å². The number of nitrogens with zero attached hydrogens (tertiary/aromatic N) is 2. The lowest BCUT2D eigenvalue weighted by molar-refractivity contribution is -0.141. The second-order valence-corrected chi connectivity index (χ2v) is 13.2. The molecule has 11 heteroatoms. The minimum atomic E-state index is -0.841. The third-order valence-corrected chi connectivity index (χ3v) is 10.2. The zero-order chi connectivity index (χ0) is 28.8. The number of nitrogens with one attached hydrogen (secondary N) is 3. The smallest absolute Gasteiger partial charge is 0.251 e. The molecule has 3 saturated heterocycles. The van der Waals surface area contributed by atoms with Crippen LogP contribution in [0.3, 0.4) is 0 Å². The van der Waals surface area contributed by atoms with Gasteiger partial charge >= 0.3 is 0 Å². The first-order chi connectivity index (χ1) is 19.0. The van der Waals surface area contributed by atoms with E-state index < -0.39 is 24.0 Å². The number of hydrogen-bond donors (Lipinski definition) is 3. The molecule has 0 aromatic heterocycles. The van der Waals surface area contributed by atoms with Crippen LogP contribution in [0.5, 0.6) is 0 Å². The number of nitriles is 1. The fraction of sp³-hybridized carbons (Fsp3) is 0.621. The summed E-state index contributed by atoms with van der Waals surface area (Å²) in [6.07, 6.45) is 3.58. The minimum Gasteiger partial charge on any atom is -0.356 e. The van der Waals surface area contributed by atoms with Gasteiger partial charge in [-0.05, 0) is 67.1 Å². The Bertz CT molecular complexity index is 1260. The molecule has 0 unspecified atom stereocenters. The molecule has 214 valence electrons. The normalized spacial score (nSPS) is 33.7. The van der Waals surface area contributed by atoms with Crippen molar-refractivity contribution in [2.75, 3.05) is 13.1 Å². The van der Waals surface area contributed by atoms with Crippen molar-refractivity contribution in [1.82, 2.24) is 20.9 Å². The van der Waals surface area contributed by atoms with Gasteiger partial charge in [-0.15, -0.1) is 0 Å². The summed E-state index contributed by atoms with van der Waals surface area (Å²) in [6, 6.07) is 4.32. The number of rotatable bonds is 2. The SMILES string of the molecule is CC1(C)C[C@@H]2[C@H]3C(=O)N[C@H](C#N)C[C@@H]4C(=O)NC[C@@H]4CCCC[C@H](NC(=O)c4ccc(Cl)c(Cl)c4)C(=O)N3C[C@@H]21. The number of hydrogen-bond acceptors (Lipinski definition) is 5. The van der Waals surface area contributed by atoms with E-state index in [2.05, 4.69) is 35.9 Å². The molecule has 1 aliphatic carbocycles. The summed E-state index contributed by atoms with van der Waals surface area (Å²) in [5, 5.41) is 19.1. The van der Waals surface area contributed by atoms with Crippen LogP contribution < -0.4 is 16.0 Å². The highest BCUT2D eigenvalue weighted by molar-refractivity contribution is 6.42. The molecule has 1 aromatic rings. The molecule has 4 fully saturated rings. The zero-order valence-electron chi connectivity index (χ0n) is 22.7. The van der Waals surface area contributed by atoms with E-state index in [9.17, 15) is 24.4 Å². The average Bonchev–Trinajstić information content (AvgIpc) is 3.43. The van der Waals surface area contributed by atoms with E-state index >= 15 is 0 Å². The molecule has 40 heavy (non-hydrogen) atoms. The molecule has 0 bridgehead atoms. The zero-order valence-corrected chi connectivity index (χ0v) is 24.2. The van der Waals surface area contributed by atoms with Gasteiger partial charge in [0.1, 0.15) is 18.1 Å². The number of carbonyl (C=O) groups is 4. The molecule has 7 atom stereocenters. The summed E-state index contributed by atoms with van der Waals surface area (Å²) in [5.41, 5.74) is 0.262. The van der Waals surface area contributed by atoms with Crippen LogP contribution in [0.25, 0.3) is 0 Å². The van der Waals surface area contributed by atoms with E-state index in [0.717, 1.165) is 19.3 Å². The van der Waals surface area contributed by atoms with E-state index in [1.165, 1.54) is 12.1 Å². The Balaban J connectivity index is 1.44. The molecule has 3 heterocycles. The van der Waals surface area contributed by atoms with Crippen molar-refractivity contribution in [3.63, 3.8) is 0 Å². The van der Waals surface area contributed by atoms with Gasteiger partial charge in [-0.25, -0.2) is 0 Å². The maximum atomic E-state index is 14.1. The van der Waals surface area contributed by atoms with Gasteiger partial charge in [0.25, 0.3) is 5.91 Å². The Morgan fingerprint density at radius 3 is 2.58 bits per heavy atom. The molecule has 9 nitrogen and oxygen atoms in total. The summed E-state index contributed by atoms with van der Waals surface area (Å²) in [5.74, 6) is -1.39. The number of halogens is 2. The van der Waals surface area contributed by atoms with Crippen molar-refractivity contribution in [3.8, 4) is 6.07 Å². The van der Waals surface area contributed by atoms with Gasteiger partial charge in [-0.1, -0.05) is 49.9 Å². The van der Waals surface area contributed by atoms with Crippen molar-refractivity contribution in [2.45, 2.75) is 70.5 Å².